The Morgan fingerprint density at radius 3 is 2.67 bits per heavy atom. The number of carboxylic acids is 1. The summed E-state index contributed by atoms with van der Waals surface area (Å²) < 4.78 is 4.77. The molecule has 0 saturated heterocycles. The molecule has 0 fully saturated rings. The molecule has 0 radical (unpaired) electrons. The number of carboxylic acid groups (broad SMARTS) is 1. The van der Waals surface area contributed by atoms with Crippen LogP contribution < -0.4 is 5.32 Å². The van der Waals surface area contributed by atoms with E-state index >= 15 is 0 Å². The summed E-state index contributed by atoms with van der Waals surface area (Å²) in [6.07, 6.45) is 5.42. The van der Waals surface area contributed by atoms with Crippen molar-refractivity contribution in [2.45, 2.75) is 24.8 Å². The Morgan fingerprint density at radius 1 is 1.19 bits per heavy atom. The first kappa shape index (κ1) is 17.3. The molecule has 27 heavy (non-hydrogen) atoms. The molecular formula is C22H21NO4. The third-order valence-corrected chi connectivity index (χ3v) is 5.47. The van der Waals surface area contributed by atoms with Crippen LogP contribution in [0, 0.1) is 5.92 Å². The summed E-state index contributed by atoms with van der Waals surface area (Å²) in [4.78, 5) is 22.7. The van der Waals surface area contributed by atoms with Crippen LogP contribution in [0.3, 0.4) is 0 Å². The lowest BCUT2D eigenvalue weighted by molar-refractivity contribution is -0.136. The number of ether oxygens (including phenoxy) is 1. The summed E-state index contributed by atoms with van der Waals surface area (Å²) in [6, 6.07) is 13.5. The number of anilines is 1. The molecule has 0 unspecified atom stereocenters. The third kappa shape index (κ3) is 3.21. The predicted octanol–water partition coefficient (Wildman–Crippen LogP) is 3.93. The predicted molar refractivity (Wildman–Crippen MR) is 102 cm³/mol. The summed E-state index contributed by atoms with van der Waals surface area (Å²) in [7, 11) is 1.38. The van der Waals surface area contributed by atoms with Crippen LogP contribution in [0.4, 0.5) is 5.69 Å². The van der Waals surface area contributed by atoms with Gasteiger partial charge in [-0.2, -0.15) is 0 Å². The zero-order chi connectivity index (χ0) is 19.0. The highest BCUT2D eigenvalue weighted by Gasteiger charge is 2.37. The Kier molecular flexibility index (Phi) is 4.44. The van der Waals surface area contributed by atoms with Gasteiger partial charge in [-0.3, -0.25) is 4.79 Å². The van der Waals surface area contributed by atoms with Crippen molar-refractivity contribution in [3.8, 4) is 0 Å². The summed E-state index contributed by atoms with van der Waals surface area (Å²) in [6.45, 7) is 0. The topological polar surface area (TPSA) is 75.6 Å². The first-order valence-electron chi connectivity index (χ1n) is 9.03. The Bertz CT molecular complexity index is 916. The van der Waals surface area contributed by atoms with E-state index in [9.17, 15) is 9.59 Å². The number of hydrogen-bond donors (Lipinski definition) is 2. The highest BCUT2D eigenvalue weighted by molar-refractivity contribution is 5.89. The lowest BCUT2D eigenvalue weighted by Crippen LogP contribution is -2.29. The van der Waals surface area contributed by atoms with Gasteiger partial charge in [0.05, 0.1) is 25.1 Å². The van der Waals surface area contributed by atoms with Crippen molar-refractivity contribution in [2.24, 2.45) is 5.92 Å². The molecular weight excluding hydrogens is 342 g/mol. The van der Waals surface area contributed by atoms with E-state index in [0.717, 1.165) is 28.8 Å². The monoisotopic (exact) mass is 363 g/mol. The van der Waals surface area contributed by atoms with Gasteiger partial charge in [0.15, 0.2) is 0 Å². The molecule has 2 N–H and O–H groups in total. The molecule has 0 spiro atoms. The van der Waals surface area contributed by atoms with Gasteiger partial charge in [0.2, 0.25) is 0 Å². The fourth-order valence-corrected chi connectivity index (χ4v) is 4.20. The van der Waals surface area contributed by atoms with E-state index in [4.69, 9.17) is 9.84 Å². The fraction of sp³-hybridized carbons (Fsp3) is 0.273. The van der Waals surface area contributed by atoms with E-state index < -0.39 is 5.97 Å². The highest BCUT2D eigenvalue weighted by Crippen LogP contribution is 2.49. The fourth-order valence-electron chi connectivity index (χ4n) is 4.20. The summed E-state index contributed by atoms with van der Waals surface area (Å²) in [5, 5.41) is 12.7. The first-order chi connectivity index (χ1) is 13.1. The number of fused-ring (bicyclic) bond motifs is 3. The van der Waals surface area contributed by atoms with Crippen LogP contribution in [-0.4, -0.2) is 24.2 Å². The number of hydrogen-bond acceptors (Lipinski definition) is 4. The van der Waals surface area contributed by atoms with Crippen molar-refractivity contribution in [2.75, 3.05) is 12.4 Å². The van der Waals surface area contributed by atoms with Gasteiger partial charge in [0.25, 0.3) is 0 Å². The smallest absolute Gasteiger partial charge is 0.337 e. The van der Waals surface area contributed by atoms with Crippen molar-refractivity contribution >= 4 is 17.6 Å². The minimum Gasteiger partial charge on any atom is -0.481 e. The number of esters is 1. The average Bonchev–Trinajstić information content (AvgIpc) is 3.17. The molecule has 1 aliphatic heterocycles. The van der Waals surface area contributed by atoms with Gasteiger partial charge < -0.3 is 15.2 Å². The van der Waals surface area contributed by atoms with Crippen LogP contribution >= 0.6 is 0 Å². The first-order valence-corrected chi connectivity index (χ1v) is 9.03. The zero-order valence-electron chi connectivity index (χ0n) is 15.0. The molecule has 138 valence electrons. The largest absolute Gasteiger partial charge is 0.481 e. The lowest BCUT2D eigenvalue weighted by atomic mass is 9.76. The second-order valence-corrected chi connectivity index (χ2v) is 7.08. The second kappa shape index (κ2) is 6.91. The molecule has 2 aliphatic rings. The Balaban J connectivity index is 1.66. The maximum atomic E-state index is 11.7. The highest BCUT2D eigenvalue weighted by atomic mass is 16.5. The summed E-state index contributed by atoms with van der Waals surface area (Å²) in [5.41, 5.74) is 4.69. The number of carbonyl (C=O) groups excluding carboxylic acids is 1. The van der Waals surface area contributed by atoms with Gasteiger partial charge >= 0.3 is 11.9 Å². The number of nitrogens with one attached hydrogen (secondary N) is 1. The number of carbonyl (C=O) groups is 2. The van der Waals surface area contributed by atoms with E-state index in [2.05, 4.69) is 17.5 Å². The van der Waals surface area contributed by atoms with Gasteiger partial charge in [-0.1, -0.05) is 36.4 Å². The van der Waals surface area contributed by atoms with Crippen LogP contribution in [0.2, 0.25) is 0 Å². The van der Waals surface area contributed by atoms with E-state index in [1.165, 1.54) is 7.11 Å². The van der Waals surface area contributed by atoms with Gasteiger partial charge in [0.1, 0.15) is 0 Å². The number of rotatable bonds is 4. The average molecular weight is 363 g/mol. The molecule has 0 saturated carbocycles. The molecule has 5 heteroatoms. The van der Waals surface area contributed by atoms with Crippen molar-refractivity contribution in [3.63, 3.8) is 0 Å². The van der Waals surface area contributed by atoms with Crippen molar-refractivity contribution in [3.05, 3.63) is 76.9 Å². The SMILES string of the molecule is COC(=O)c1ccc([C@@H]2Nc3ccc(CC(=O)O)cc3[C@@H]3C=CC[C@@H]32)cc1. The molecule has 2 aromatic carbocycles. The lowest BCUT2D eigenvalue weighted by Gasteiger charge is -2.37. The number of methoxy groups -OCH3 is 1. The van der Waals surface area contributed by atoms with Gasteiger partial charge in [-0.15, -0.1) is 0 Å². The van der Waals surface area contributed by atoms with Gasteiger partial charge in [0, 0.05) is 11.6 Å². The van der Waals surface area contributed by atoms with Gasteiger partial charge in [-0.05, 0) is 47.2 Å². The van der Waals surface area contributed by atoms with Crippen LogP contribution in [-0.2, 0) is 16.0 Å². The summed E-state index contributed by atoms with van der Waals surface area (Å²) >= 11 is 0. The van der Waals surface area contributed by atoms with Crippen molar-refractivity contribution in [1.29, 1.82) is 0 Å². The summed E-state index contributed by atoms with van der Waals surface area (Å²) in [5.74, 6) is -0.530. The minimum atomic E-state index is -0.819. The number of allylic oxidation sites excluding steroid dienone is 2. The molecule has 5 nitrogen and oxygen atoms in total. The second-order valence-electron chi connectivity index (χ2n) is 7.08. The van der Waals surface area contributed by atoms with Crippen LogP contribution in [0.5, 0.6) is 0 Å². The van der Waals surface area contributed by atoms with E-state index in [0.29, 0.717) is 11.5 Å². The van der Waals surface area contributed by atoms with E-state index in [1.54, 1.807) is 12.1 Å². The molecule has 0 aromatic heterocycles. The maximum absolute atomic E-state index is 11.7. The zero-order valence-corrected chi connectivity index (χ0v) is 15.0. The quantitative estimate of drug-likeness (QED) is 0.636. The molecule has 0 amide bonds. The Labute approximate surface area is 157 Å². The molecule has 4 rings (SSSR count). The van der Waals surface area contributed by atoms with E-state index in [-0.39, 0.29) is 24.3 Å². The number of aliphatic carboxylic acids is 1. The van der Waals surface area contributed by atoms with Crippen LogP contribution in [0.1, 0.15) is 45.4 Å². The Hall–Kier alpha value is -3.08. The Morgan fingerprint density at radius 2 is 1.96 bits per heavy atom. The van der Waals surface area contributed by atoms with Crippen LogP contribution in [0.15, 0.2) is 54.6 Å². The standard InChI is InChI=1S/C22H21NO4/c1-27-22(26)15-8-6-14(7-9-15)21-17-4-2-3-16(17)18-11-13(12-20(24)25)5-10-19(18)23-21/h2-3,5-11,16-17,21,23H,4,12H2,1H3,(H,24,25)/t16-,17+,21+/m1/s1. The van der Waals surface area contributed by atoms with Gasteiger partial charge in [-0.25, -0.2) is 4.79 Å². The van der Waals surface area contributed by atoms with Crippen LogP contribution in [0.25, 0.3) is 0 Å². The molecule has 3 atom stereocenters. The maximum Gasteiger partial charge on any atom is 0.337 e. The van der Waals surface area contributed by atoms with E-state index in [1.807, 2.05) is 30.3 Å². The molecule has 0 bridgehead atoms. The van der Waals surface area contributed by atoms with Crippen molar-refractivity contribution in [1.82, 2.24) is 0 Å². The molecule has 2 aromatic rings. The molecule has 1 aliphatic carbocycles. The minimum absolute atomic E-state index is 0.0345. The number of benzene rings is 2. The van der Waals surface area contributed by atoms with Crippen molar-refractivity contribution < 1.29 is 19.4 Å². The molecule has 1 heterocycles. The normalized spacial score (nSPS) is 22.5. The third-order valence-electron chi connectivity index (χ3n) is 5.47.